The van der Waals surface area contributed by atoms with Crippen molar-refractivity contribution in [1.82, 2.24) is 0 Å². The van der Waals surface area contributed by atoms with Gasteiger partial charge in [-0.3, -0.25) is 0 Å². The molecule has 3 heteroatoms. The molecule has 1 aromatic carbocycles. The number of piperidine rings is 1. The van der Waals surface area contributed by atoms with Crippen molar-refractivity contribution in [2.75, 3.05) is 11.4 Å². The van der Waals surface area contributed by atoms with Crippen molar-refractivity contribution in [1.29, 1.82) is 0 Å². The maximum absolute atomic E-state index is 13.4. The Morgan fingerprint density at radius 2 is 2.11 bits per heavy atom. The quantitative estimate of drug-likeness (QED) is 0.871. The molecule has 1 aliphatic heterocycles. The van der Waals surface area contributed by atoms with E-state index in [-0.39, 0.29) is 11.9 Å². The molecule has 1 heterocycles. The second-order valence-corrected chi connectivity index (χ2v) is 5.66. The summed E-state index contributed by atoms with van der Waals surface area (Å²) >= 11 is 0. The zero-order valence-corrected chi connectivity index (χ0v) is 11.5. The first-order valence-corrected chi connectivity index (χ1v) is 6.80. The highest BCUT2D eigenvalue weighted by Crippen LogP contribution is 2.32. The third-order valence-corrected chi connectivity index (χ3v) is 3.93. The van der Waals surface area contributed by atoms with Gasteiger partial charge in [0.2, 0.25) is 0 Å². The van der Waals surface area contributed by atoms with Gasteiger partial charge in [-0.05, 0) is 56.4 Å². The summed E-state index contributed by atoms with van der Waals surface area (Å²) in [7, 11) is 0. The molecule has 2 unspecified atom stereocenters. The molecule has 1 aromatic rings. The molecule has 2 N–H and O–H groups in total. The summed E-state index contributed by atoms with van der Waals surface area (Å²) in [6.07, 6.45) is 2.38. The van der Waals surface area contributed by atoms with Crippen LogP contribution >= 0.6 is 0 Å². The molecule has 1 saturated heterocycles. The lowest BCUT2D eigenvalue weighted by atomic mass is 9.92. The molecule has 1 fully saturated rings. The molecule has 0 bridgehead atoms. The number of rotatable bonds is 2. The van der Waals surface area contributed by atoms with E-state index in [1.54, 1.807) is 6.07 Å². The summed E-state index contributed by atoms with van der Waals surface area (Å²) in [6, 6.07) is 5.34. The van der Waals surface area contributed by atoms with Crippen LogP contribution in [0.4, 0.5) is 10.1 Å². The third kappa shape index (κ3) is 2.66. The van der Waals surface area contributed by atoms with Gasteiger partial charge in [0.1, 0.15) is 5.82 Å². The fourth-order valence-electron chi connectivity index (χ4n) is 2.92. The van der Waals surface area contributed by atoms with Gasteiger partial charge in [0.15, 0.2) is 0 Å². The SMILES string of the molecule is CC1CCN(c2ccc(F)cc2[C@@H](C)N)C(C)C1. The van der Waals surface area contributed by atoms with Crippen molar-refractivity contribution >= 4 is 5.69 Å². The highest BCUT2D eigenvalue weighted by molar-refractivity contribution is 5.56. The minimum absolute atomic E-state index is 0.137. The summed E-state index contributed by atoms with van der Waals surface area (Å²) < 4.78 is 13.4. The highest BCUT2D eigenvalue weighted by Gasteiger charge is 2.25. The van der Waals surface area contributed by atoms with Crippen molar-refractivity contribution in [3.63, 3.8) is 0 Å². The van der Waals surface area contributed by atoms with Gasteiger partial charge in [-0.15, -0.1) is 0 Å². The Kier molecular flexibility index (Phi) is 3.91. The fraction of sp³-hybridized carbons (Fsp3) is 0.600. The standard InChI is InChI=1S/C15H23FN2/c1-10-6-7-18(11(2)8-10)15-5-4-13(16)9-14(15)12(3)17/h4-5,9-12H,6-8,17H2,1-3H3/t10?,11?,12-/m1/s1. The van der Waals surface area contributed by atoms with Crippen LogP contribution < -0.4 is 10.6 Å². The lowest BCUT2D eigenvalue weighted by molar-refractivity contribution is 0.377. The molecule has 0 saturated carbocycles. The van der Waals surface area contributed by atoms with Crippen LogP contribution in [0, 0.1) is 11.7 Å². The van der Waals surface area contributed by atoms with Gasteiger partial charge in [-0.1, -0.05) is 6.92 Å². The second-order valence-electron chi connectivity index (χ2n) is 5.66. The average molecular weight is 250 g/mol. The maximum Gasteiger partial charge on any atom is 0.123 e. The van der Waals surface area contributed by atoms with Crippen LogP contribution in [-0.4, -0.2) is 12.6 Å². The van der Waals surface area contributed by atoms with Crippen LogP contribution in [0.25, 0.3) is 0 Å². The van der Waals surface area contributed by atoms with Crippen molar-refractivity contribution in [2.45, 2.75) is 45.7 Å². The number of benzene rings is 1. The molecule has 0 spiro atoms. The largest absolute Gasteiger partial charge is 0.369 e. The van der Waals surface area contributed by atoms with E-state index in [1.165, 1.54) is 18.9 Å². The number of nitrogens with zero attached hydrogens (tertiary/aromatic N) is 1. The average Bonchev–Trinajstić information content (AvgIpc) is 2.29. The Hall–Kier alpha value is -1.09. The van der Waals surface area contributed by atoms with E-state index in [0.717, 1.165) is 23.7 Å². The first-order valence-electron chi connectivity index (χ1n) is 6.80. The van der Waals surface area contributed by atoms with E-state index in [2.05, 4.69) is 18.7 Å². The summed E-state index contributed by atoms with van der Waals surface area (Å²) in [5.41, 5.74) is 7.99. The molecular weight excluding hydrogens is 227 g/mol. The topological polar surface area (TPSA) is 29.3 Å². The van der Waals surface area contributed by atoms with Gasteiger partial charge >= 0.3 is 0 Å². The van der Waals surface area contributed by atoms with Crippen LogP contribution in [0.2, 0.25) is 0 Å². The van der Waals surface area contributed by atoms with Gasteiger partial charge < -0.3 is 10.6 Å². The second kappa shape index (κ2) is 5.27. The lowest BCUT2D eigenvalue weighted by Gasteiger charge is -2.39. The smallest absolute Gasteiger partial charge is 0.123 e. The fourth-order valence-corrected chi connectivity index (χ4v) is 2.92. The molecule has 0 amide bonds. The van der Waals surface area contributed by atoms with E-state index in [1.807, 2.05) is 13.0 Å². The predicted octanol–water partition coefficient (Wildman–Crippen LogP) is 3.47. The molecule has 2 rings (SSSR count). The minimum Gasteiger partial charge on any atom is -0.369 e. The van der Waals surface area contributed by atoms with Gasteiger partial charge in [-0.2, -0.15) is 0 Å². The Balaban J connectivity index is 2.32. The minimum atomic E-state index is -0.205. The summed E-state index contributed by atoms with van der Waals surface area (Å²) in [6.45, 7) is 7.48. The lowest BCUT2D eigenvalue weighted by Crippen LogP contribution is -2.41. The van der Waals surface area contributed by atoms with E-state index in [0.29, 0.717) is 6.04 Å². The van der Waals surface area contributed by atoms with Crippen LogP contribution in [-0.2, 0) is 0 Å². The van der Waals surface area contributed by atoms with E-state index in [9.17, 15) is 4.39 Å². The normalized spacial score (nSPS) is 26.2. The number of halogens is 1. The van der Waals surface area contributed by atoms with Crippen molar-refractivity contribution in [3.05, 3.63) is 29.6 Å². The zero-order chi connectivity index (χ0) is 13.3. The van der Waals surface area contributed by atoms with Gasteiger partial charge in [0, 0.05) is 24.3 Å². The van der Waals surface area contributed by atoms with E-state index < -0.39 is 0 Å². The number of hydrogen-bond donors (Lipinski definition) is 1. The third-order valence-electron chi connectivity index (χ3n) is 3.93. The summed E-state index contributed by atoms with van der Waals surface area (Å²) in [5, 5.41) is 0. The molecule has 0 aromatic heterocycles. The van der Waals surface area contributed by atoms with E-state index >= 15 is 0 Å². The Bertz CT molecular complexity index is 417. The monoisotopic (exact) mass is 250 g/mol. The maximum atomic E-state index is 13.4. The molecule has 1 aliphatic rings. The van der Waals surface area contributed by atoms with Gasteiger partial charge in [0.05, 0.1) is 0 Å². The van der Waals surface area contributed by atoms with Crippen LogP contribution in [0.3, 0.4) is 0 Å². The van der Waals surface area contributed by atoms with E-state index in [4.69, 9.17) is 5.73 Å². The Labute approximate surface area is 109 Å². The number of anilines is 1. The summed E-state index contributed by atoms with van der Waals surface area (Å²) in [4.78, 5) is 2.37. The van der Waals surface area contributed by atoms with Gasteiger partial charge in [-0.25, -0.2) is 4.39 Å². The molecule has 0 radical (unpaired) electrons. The summed E-state index contributed by atoms with van der Waals surface area (Å²) in [5.74, 6) is 0.569. The van der Waals surface area contributed by atoms with Crippen molar-refractivity contribution in [2.24, 2.45) is 11.7 Å². The van der Waals surface area contributed by atoms with Gasteiger partial charge in [0.25, 0.3) is 0 Å². The molecule has 3 atom stereocenters. The predicted molar refractivity (Wildman–Crippen MR) is 74.2 cm³/mol. The molecule has 18 heavy (non-hydrogen) atoms. The molecule has 100 valence electrons. The van der Waals surface area contributed by atoms with Crippen LogP contribution in [0.15, 0.2) is 18.2 Å². The molecule has 0 aliphatic carbocycles. The van der Waals surface area contributed by atoms with Crippen LogP contribution in [0.5, 0.6) is 0 Å². The number of nitrogens with two attached hydrogens (primary N) is 1. The first kappa shape index (κ1) is 13.3. The first-order chi connectivity index (χ1) is 8.49. The zero-order valence-electron chi connectivity index (χ0n) is 11.5. The van der Waals surface area contributed by atoms with Crippen molar-refractivity contribution < 1.29 is 4.39 Å². The molecule has 2 nitrogen and oxygen atoms in total. The Morgan fingerprint density at radius 3 is 2.72 bits per heavy atom. The van der Waals surface area contributed by atoms with Crippen LogP contribution in [0.1, 0.15) is 45.2 Å². The number of hydrogen-bond acceptors (Lipinski definition) is 2. The Morgan fingerprint density at radius 1 is 1.39 bits per heavy atom. The van der Waals surface area contributed by atoms with Crippen molar-refractivity contribution in [3.8, 4) is 0 Å². The highest BCUT2D eigenvalue weighted by atomic mass is 19.1. The molecular formula is C15H23FN2.